The second kappa shape index (κ2) is 129. The monoisotopic (exact) mass is 276 g/mol. The smallest absolute Gasteiger partial charge is 0.444 e. The number of hydrogen-bond donors (Lipinski definition) is 0. The van der Waals surface area contributed by atoms with Crippen molar-refractivity contribution in [3.8, 4) is 0 Å². The topological polar surface area (TPSA) is 210 Å². The van der Waals surface area contributed by atoms with Crippen molar-refractivity contribution in [1.82, 2.24) is 0 Å². The van der Waals surface area contributed by atoms with Crippen molar-refractivity contribution in [2.75, 3.05) is 0 Å². The zero-order valence-electron chi connectivity index (χ0n) is 9.05. The molecule has 0 aromatic heterocycles. The second-order valence-electron chi connectivity index (χ2n) is 0.298. The molecule has 0 aromatic rings. The minimum absolute atomic E-state index is 0. The molecule has 0 bridgehead atoms. The molecule has 0 rings (SSSR count). The van der Waals surface area contributed by atoms with Gasteiger partial charge in [-0.05, 0) is 0 Å². The normalized spacial score (nSPS) is 3.00. The van der Waals surface area contributed by atoms with E-state index in [1.165, 1.54) is 0 Å². The summed E-state index contributed by atoms with van der Waals surface area (Å²) in [6.07, 6.45) is 0. The van der Waals surface area contributed by atoms with Crippen LogP contribution in [0.4, 0.5) is 0 Å². The van der Waals surface area contributed by atoms with Crippen LogP contribution < -0.4 is 118 Å². The van der Waals surface area contributed by atoms with Gasteiger partial charge in [0.05, 0.1) is 0 Å². The fourth-order valence-corrected chi connectivity index (χ4v) is 0. The van der Waals surface area contributed by atoms with Gasteiger partial charge in [0.25, 0.3) is 0 Å². The number of rotatable bonds is 0. The second-order valence-corrected chi connectivity index (χ2v) is 0.298. The van der Waals surface area contributed by atoms with E-state index in [0.717, 1.165) is 21.4 Å². The molecule has 0 heterocycles. The van der Waals surface area contributed by atoms with Crippen molar-refractivity contribution < 1.29 is 118 Å². The van der Waals surface area contributed by atoms with E-state index < -0.39 is 0 Å². The van der Waals surface area contributed by atoms with Crippen LogP contribution in [0.25, 0.3) is 0 Å². The first-order chi connectivity index (χ1) is 5.66. The molecule has 0 atom stereocenters. The van der Waals surface area contributed by atoms with Gasteiger partial charge < -0.3 is 40.5 Å². The Morgan fingerprint density at radius 1 is 0.438 bits per heavy atom. The summed E-state index contributed by atoms with van der Waals surface area (Å²) in [7, 11) is 0. The number of nitrogens with zero attached hydrogens (tertiary/aromatic N) is 4. The van der Waals surface area contributed by atoms with Gasteiger partial charge in [-0.2, -0.15) is 0 Å². The molecule has 0 amide bonds. The third-order valence-electron chi connectivity index (χ3n) is 0. The van der Waals surface area contributed by atoms with E-state index in [2.05, 4.69) is 0 Å². The summed E-state index contributed by atoms with van der Waals surface area (Å²) in [4.78, 5) is 32.0. The molecule has 0 aliphatic heterocycles. The van der Waals surface area contributed by atoms with Gasteiger partial charge in [0.1, 0.15) is 0 Å². The molecular weight excluding hydrogens is 276 g/mol. The molecule has 0 saturated heterocycles. The van der Waals surface area contributed by atoms with Crippen LogP contribution in [0, 0.1) is 40.5 Å². The average molecular weight is 276 g/mol. The van der Waals surface area contributed by atoms with Gasteiger partial charge in [0, 0.05) is 0 Å². The van der Waals surface area contributed by atoms with Gasteiger partial charge >= 0.3 is 118 Å². The minimum Gasteiger partial charge on any atom is -0.444 e. The van der Waals surface area contributed by atoms with Gasteiger partial charge in [-0.15, -0.1) is 21.4 Å². The van der Waals surface area contributed by atoms with Crippen LogP contribution in [0.1, 0.15) is 0 Å². The van der Waals surface area contributed by atoms with E-state index in [-0.39, 0.29) is 118 Å². The Hall–Kier alpha value is 1.60. The molecule has 0 aliphatic rings. The standard InChI is InChI=1S/4HNO2.4Na/c4*2-1-3;;;;/h4*(H,2,3);;;;/q;;;;4*+1/p-4. The summed E-state index contributed by atoms with van der Waals surface area (Å²) in [6.45, 7) is 0. The van der Waals surface area contributed by atoms with Crippen molar-refractivity contribution in [3.05, 3.63) is 40.5 Å². The van der Waals surface area contributed by atoms with Crippen molar-refractivity contribution in [3.63, 3.8) is 0 Å². The average Bonchev–Trinajstić information content (AvgIpc) is 1.92. The molecule has 0 radical (unpaired) electrons. The third-order valence-corrected chi connectivity index (χ3v) is 0. The Kier molecular flexibility index (Phi) is 424. The van der Waals surface area contributed by atoms with Crippen LogP contribution >= 0.6 is 0 Å². The first-order valence-electron chi connectivity index (χ1n) is 1.46. The van der Waals surface area contributed by atoms with Crippen molar-refractivity contribution >= 4 is 0 Å². The quantitative estimate of drug-likeness (QED) is 0.234. The van der Waals surface area contributed by atoms with Crippen LogP contribution in [0.3, 0.4) is 0 Å². The molecule has 0 aromatic carbocycles. The van der Waals surface area contributed by atoms with Crippen LogP contribution in [0.2, 0.25) is 0 Å². The molecule has 16 heteroatoms. The zero-order valence-corrected chi connectivity index (χ0v) is 17.1. The number of hydrogen-bond acceptors (Lipinski definition) is 12. The van der Waals surface area contributed by atoms with Crippen LogP contribution in [-0.2, 0) is 0 Å². The van der Waals surface area contributed by atoms with E-state index in [0.29, 0.717) is 0 Å². The van der Waals surface area contributed by atoms with E-state index in [4.69, 9.17) is 40.5 Å². The van der Waals surface area contributed by atoms with Crippen LogP contribution in [0.5, 0.6) is 0 Å². The van der Waals surface area contributed by atoms with E-state index in [9.17, 15) is 0 Å². The molecule has 0 N–H and O–H groups in total. The summed E-state index contributed by atoms with van der Waals surface area (Å²) < 4.78 is 0. The Bertz CT molecular complexity index is 78.0. The maximum atomic E-state index is 8.00. The van der Waals surface area contributed by atoms with Gasteiger partial charge in [0.15, 0.2) is 0 Å². The predicted molar refractivity (Wildman–Crippen MR) is 36.6 cm³/mol. The van der Waals surface area contributed by atoms with Crippen molar-refractivity contribution in [2.24, 2.45) is 21.4 Å². The van der Waals surface area contributed by atoms with Crippen molar-refractivity contribution in [1.29, 1.82) is 0 Å². The maximum absolute atomic E-state index is 8.00. The fraction of sp³-hybridized carbons (Fsp3) is 0. The molecule has 0 spiro atoms. The molecule has 0 fully saturated rings. The first kappa shape index (κ1) is 52.6. The third kappa shape index (κ3) is 1300. The van der Waals surface area contributed by atoms with Crippen LogP contribution in [0.15, 0.2) is 21.4 Å². The summed E-state index contributed by atoms with van der Waals surface area (Å²) in [5, 5.41) is 36.0. The summed E-state index contributed by atoms with van der Waals surface area (Å²) in [5.41, 5.74) is 0. The fourth-order valence-electron chi connectivity index (χ4n) is 0. The Morgan fingerprint density at radius 3 is 0.438 bits per heavy atom. The van der Waals surface area contributed by atoms with E-state index in [1.807, 2.05) is 0 Å². The SMILES string of the molecule is O=N[O-].O=N[O-].O=N[O-].O=N[O-].[Na+].[Na+].[Na+].[Na+]. The molecule has 16 heavy (non-hydrogen) atoms. The Balaban J connectivity index is -0.00000000821. The minimum atomic E-state index is 0. The van der Waals surface area contributed by atoms with Gasteiger partial charge in [-0.3, -0.25) is 0 Å². The van der Waals surface area contributed by atoms with Gasteiger partial charge in [0.2, 0.25) is 0 Å². The summed E-state index contributed by atoms with van der Waals surface area (Å²) >= 11 is 0. The molecule has 12 nitrogen and oxygen atoms in total. The van der Waals surface area contributed by atoms with Gasteiger partial charge in [-0.25, -0.2) is 0 Å². The predicted octanol–water partition coefficient (Wildman–Crippen LogP) is -11.0. The Labute approximate surface area is 177 Å². The molecule has 72 valence electrons. The summed E-state index contributed by atoms with van der Waals surface area (Å²) in [5.74, 6) is 0. The van der Waals surface area contributed by atoms with Gasteiger partial charge in [-0.1, -0.05) is 0 Å². The molecule has 0 aliphatic carbocycles. The largest absolute Gasteiger partial charge is 1.00 e. The van der Waals surface area contributed by atoms with Crippen LogP contribution in [-0.4, -0.2) is 0 Å². The zero-order chi connectivity index (χ0) is 10.8. The molecular formula is N4Na4O8. The van der Waals surface area contributed by atoms with Crippen molar-refractivity contribution in [2.45, 2.75) is 0 Å². The van der Waals surface area contributed by atoms with E-state index in [1.54, 1.807) is 0 Å². The molecule has 0 saturated carbocycles. The van der Waals surface area contributed by atoms with E-state index >= 15 is 0 Å². The maximum Gasteiger partial charge on any atom is 1.00 e. The molecule has 0 unspecified atom stereocenters. The Morgan fingerprint density at radius 2 is 0.438 bits per heavy atom. The summed E-state index contributed by atoms with van der Waals surface area (Å²) in [6, 6.07) is 0. The first-order valence-corrected chi connectivity index (χ1v) is 1.46.